The molecule has 1 N–H and O–H groups in total. The van der Waals surface area contributed by atoms with Crippen LogP contribution < -0.4 is 10.2 Å². The molecule has 0 unspecified atom stereocenters. The molecule has 27 heavy (non-hydrogen) atoms. The van der Waals surface area contributed by atoms with Crippen molar-refractivity contribution < 1.29 is 0 Å². The van der Waals surface area contributed by atoms with Crippen LogP contribution in [0.4, 0.5) is 5.13 Å². The largest absolute Gasteiger partial charge is 0.357 e. The first-order valence-corrected chi connectivity index (χ1v) is 10.5. The number of aliphatic imine (C=N–C) groups is 1. The summed E-state index contributed by atoms with van der Waals surface area (Å²) in [6.07, 6.45) is 6.54. The molecular weight excluding hydrogens is 362 g/mol. The topological polar surface area (TPSA) is 87.4 Å². The summed E-state index contributed by atoms with van der Waals surface area (Å²) in [5, 5.41) is 12.1. The van der Waals surface area contributed by atoms with Crippen LogP contribution in [0.15, 0.2) is 17.6 Å². The van der Waals surface area contributed by atoms with Crippen molar-refractivity contribution in [1.82, 2.24) is 34.3 Å². The molecule has 1 aliphatic heterocycles. The van der Waals surface area contributed by atoms with E-state index in [-0.39, 0.29) is 0 Å². The lowest BCUT2D eigenvalue weighted by Crippen LogP contribution is -2.52. The third-order valence-corrected chi connectivity index (χ3v) is 5.33. The van der Waals surface area contributed by atoms with Crippen LogP contribution in [-0.2, 0) is 13.0 Å². The van der Waals surface area contributed by atoms with Gasteiger partial charge in [0.1, 0.15) is 18.5 Å². The van der Waals surface area contributed by atoms with Crippen molar-refractivity contribution in [2.45, 2.75) is 39.7 Å². The van der Waals surface area contributed by atoms with E-state index < -0.39 is 0 Å². The Bertz CT molecular complexity index is 689. The van der Waals surface area contributed by atoms with Crippen molar-refractivity contribution in [2.24, 2.45) is 4.99 Å². The lowest BCUT2D eigenvalue weighted by Gasteiger charge is -2.36. The molecule has 1 aliphatic rings. The average molecular weight is 392 g/mol. The third kappa shape index (κ3) is 5.62. The molecule has 10 heteroatoms. The van der Waals surface area contributed by atoms with Gasteiger partial charge in [-0.25, -0.2) is 4.98 Å². The van der Waals surface area contributed by atoms with Crippen LogP contribution in [-0.4, -0.2) is 74.2 Å². The zero-order valence-corrected chi connectivity index (χ0v) is 17.0. The highest BCUT2D eigenvalue weighted by Crippen LogP contribution is 2.19. The summed E-state index contributed by atoms with van der Waals surface area (Å²) in [6, 6.07) is 0. The Hall–Kier alpha value is -2.23. The standard InChI is InChI=1S/C17H29N9S/c1-3-15-22-17(27-23-15)26-11-9-25(10-12-26)16(18-4-2)19-7-5-6-8-24-13-20-21-14-24/h13-14H,3-12H2,1-2H3,(H,18,19). The number of nitrogens with one attached hydrogen (secondary N) is 1. The van der Waals surface area contributed by atoms with Gasteiger partial charge >= 0.3 is 0 Å². The monoisotopic (exact) mass is 391 g/mol. The maximum Gasteiger partial charge on any atom is 0.205 e. The Balaban J connectivity index is 1.45. The SMILES string of the molecule is CCNC(=NCCCCn1cnnc1)N1CCN(c2nc(CC)ns2)CC1. The van der Waals surface area contributed by atoms with Gasteiger partial charge in [0.2, 0.25) is 5.13 Å². The Morgan fingerprint density at radius 3 is 2.59 bits per heavy atom. The van der Waals surface area contributed by atoms with E-state index >= 15 is 0 Å². The van der Waals surface area contributed by atoms with Crippen molar-refractivity contribution in [3.8, 4) is 0 Å². The lowest BCUT2D eigenvalue weighted by molar-refractivity contribution is 0.372. The second-order valence-electron chi connectivity index (χ2n) is 6.46. The smallest absolute Gasteiger partial charge is 0.205 e. The van der Waals surface area contributed by atoms with Gasteiger partial charge in [-0.15, -0.1) is 10.2 Å². The Labute approximate surface area is 164 Å². The molecule has 3 rings (SSSR count). The highest BCUT2D eigenvalue weighted by Gasteiger charge is 2.21. The second-order valence-corrected chi connectivity index (χ2v) is 7.19. The van der Waals surface area contributed by atoms with E-state index in [0.29, 0.717) is 0 Å². The van der Waals surface area contributed by atoms with Crippen molar-refractivity contribution in [1.29, 1.82) is 0 Å². The van der Waals surface area contributed by atoms with Crippen LogP contribution in [0.3, 0.4) is 0 Å². The number of rotatable bonds is 8. The summed E-state index contributed by atoms with van der Waals surface area (Å²) in [5.41, 5.74) is 0. The Morgan fingerprint density at radius 1 is 1.15 bits per heavy atom. The number of aryl methyl sites for hydroxylation is 2. The number of hydrogen-bond donors (Lipinski definition) is 1. The van der Waals surface area contributed by atoms with Crippen LogP contribution in [0.2, 0.25) is 0 Å². The van der Waals surface area contributed by atoms with Crippen molar-refractivity contribution in [2.75, 3.05) is 44.2 Å². The normalized spacial score (nSPS) is 15.4. The fourth-order valence-electron chi connectivity index (χ4n) is 2.98. The van der Waals surface area contributed by atoms with Crippen LogP contribution in [0.5, 0.6) is 0 Å². The molecule has 148 valence electrons. The minimum atomic E-state index is 0.834. The molecule has 0 atom stereocenters. The Morgan fingerprint density at radius 2 is 1.93 bits per heavy atom. The van der Waals surface area contributed by atoms with E-state index in [2.05, 4.69) is 48.5 Å². The Kier molecular flexibility index (Phi) is 7.37. The fourth-order valence-corrected chi connectivity index (χ4v) is 3.78. The molecule has 0 spiro atoms. The molecule has 2 aromatic heterocycles. The second kappa shape index (κ2) is 10.2. The van der Waals surface area contributed by atoms with E-state index in [1.165, 1.54) is 11.5 Å². The summed E-state index contributed by atoms with van der Waals surface area (Å²) >= 11 is 1.51. The van der Waals surface area contributed by atoms with Gasteiger partial charge in [0.05, 0.1) is 0 Å². The van der Waals surface area contributed by atoms with Gasteiger partial charge in [0.25, 0.3) is 0 Å². The number of anilines is 1. The first-order chi connectivity index (χ1) is 13.3. The molecule has 0 bridgehead atoms. The highest BCUT2D eigenvalue weighted by molar-refractivity contribution is 7.09. The number of aromatic nitrogens is 5. The minimum Gasteiger partial charge on any atom is -0.357 e. The number of piperazine rings is 1. The van der Waals surface area contributed by atoms with Gasteiger partial charge in [-0.2, -0.15) is 4.37 Å². The minimum absolute atomic E-state index is 0.834. The van der Waals surface area contributed by atoms with Gasteiger partial charge in [-0.1, -0.05) is 6.92 Å². The summed E-state index contributed by atoms with van der Waals surface area (Å²) in [5.74, 6) is 1.96. The van der Waals surface area contributed by atoms with Crippen LogP contribution >= 0.6 is 11.5 Å². The molecule has 0 aliphatic carbocycles. The molecule has 0 amide bonds. The fraction of sp³-hybridized carbons (Fsp3) is 0.706. The number of guanidine groups is 1. The van der Waals surface area contributed by atoms with E-state index in [1.807, 2.05) is 4.57 Å². The lowest BCUT2D eigenvalue weighted by atomic mass is 10.3. The highest BCUT2D eigenvalue weighted by atomic mass is 32.1. The maximum atomic E-state index is 4.82. The van der Waals surface area contributed by atoms with E-state index in [9.17, 15) is 0 Å². The van der Waals surface area contributed by atoms with Crippen LogP contribution in [0.25, 0.3) is 0 Å². The summed E-state index contributed by atoms with van der Waals surface area (Å²) in [4.78, 5) is 14.1. The quantitative estimate of drug-likeness (QED) is 0.412. The summed E-state index contributed by atoms with van der Waals surface area (Å²) < 4.78 is 6.41. The molecule has 1 fully saturated rings. The first kappa shape index (κ1) is 19.5. The van der Waals surface area contributed by atoms with Gasteiger partial charge in [0, 0.05) is 63.8 Å². The molecule has 0 radical (unpaired) electrons. The zero-order chi connectivity index (χ0) is 18.9. The summed E-state index contributed by atoms with van der Waals surface area (Å²) in [7, 11) is 0. The predicted octanol–water partition coefficient (Wildman–Crippen LogP) is 1.26. The van der Waals surface area contributed by atoms with E-state index in [0.717, 1.165) is 82.0 Å². The molecule has 3 heterocycles. The molecule has 9 nitrogen and oxygen atoms in total. The van der Waals surface area contributed by atoms with E-state index in [4.69, 9.17) is 4.99 Å². The van der Waals surface area contributed by atoms with Gasteiger partial charge in [-0.05, 0) is 19.8 Å². The maximum absolute atomic E-state index is 4.82. The molecular formula is C17H29N9S. The van der Waals surface area contributed by atoms with Gasteiger partial charge in [0.15, 0.2) is 5.96 Å². The van der Waals surface area contributed by atoms with Gasteiger partial charge < -0.3 is 19.7 Å². The summed E-state index contributed by atoms with van der Waals surface area (Å²) in [6.45, 7) is 10.7. The molecule has 1 saturated heterocycles. The van der Waals surface area contributed by atoms with Crippen LogP contribution in [0, 0.1) is 0 Å². The average Bonchev–Trinajstić information content (AvgIpc) is 3.39. The number of unbranched alkanes of at least 4 members (excludes halogenated alkanes) is 1. The third-order valence-electron chi connectivity index (χ3n) is 4.51. The molecule has 0 aromatic carbocycles. The molecule has 0 saturated carbocycles. The van der Waals surface area contributed by atoms with Crippen LogP contribution in [0.1, 0.15) is 32.5 Å². The van der Waals surface area contributed by atoms with Crippen molar-refractivity contribution in [3.63, 3.8) is 0 Å². The zero-order valence-electron chi connectivity index (χ0n) is 16.2. The number of hydrogen-bond acceptors (Lipinski definition) is 7. The number of nitrogens with zero attached hydrogens (tertiary/aromatic N) is 8. The first-order valence-electron chi connectivity index (χ1n) is 9.73. The predicted molar refractivity (Wildman–Crippen MR) is 108 cm³/mol. The van der Waals surface area contributed by atoms with Crippen molar-refractivity contribution in [3.05, 3.63) is 18.5 Å². The van der Waals surface area contributed by atoms with Gasteiger partial charge in [-0.3, -0.25) is 4.99 Å². The van der Waals surface area contributed by atoms with E-state index in [1.54, 1.807) is 12.7 Å². The molecule has 2 aromatic rings. The van der Waals surface area contributed by atoms with Crippen molar-refractivity contribution >= 4 is 22.6 Å².